The summed E-state index contributed by atoms with van der Waals surface area (Å²) in [6, 6.07) is 7.78. The van der Waals surface area contributed by atoms with Crippen molar-refractivity contribution in [3.63, 3.8) is 0 Å². The summed E-state index contributed by atoms with van der Waals surface area (Å²) in [4.78, 5) is 2.09. The van der Waals surface area contributed by atoms with Gasteiger partial charge in [-0.05, 0) is 37.0 Å². The van der Waals surface area contributed by atoms with Crippen LogP contribution in [0.5, 0.6) is 11.5 Å². The highest BCUT2D eigenvalue weighted by atomic mass is 16.6. The molecule has 3 aromatic rings. The lowest BCUT2D eigenvalue weighted by Crippen LogP contribution is -2.40. The quantitative estimate of drug-likeness (QED) is 0.746. The molecule has 0 fully saturated rings. The van der Waals surface area contributed by atoms with Crippen LogP contribution in [0.4, 0.5) is 5.95 Å². The first kappa shape index (κ1) is 17.1. The second kappa shape index (κ2) is 6.85. The number of aromatic nitrogens is 5. The van der Waals surface area contributed by atoms with Gasteiger partial charge in [-0.15, -0.1) is 10.2 Å². The highest BCUT2D eigenvalue weighted by Crippen LogP contribution is 2.33. The Hall–Kier alpha value is -3.03. The zero-order valence-electron chi connectivity index (χ0n) is 16.1. The standard InChI is InChI=1S/C20H24N6O2/c1-25(11-15-12-27-17-5-3-4-6-18(17)28-15)20-24-23-19(26(20)2)13-7-8-16-14(9-13)10-21-22-16/h3-6,10,13,15H,7-9,11-12H2,1-2H3,(H,21,22). The van der Waals surface area contributed by atoms with Gasteiger partial charge in [0.25, 0.3) is 0 Å². The zero-order valence-corrected chi connectivity index (χ0v) is 16.1. The van der Waals surface area contributed by atoms with Gasteiger partial charge in [-0.2, -0.15) is 5.10 Å². The van der Waals surface area contributed by atoms with Gasteiger partial charge in [0.2, 0.25) is 5.95 Å². The van der Waals surface area contributed by atoms with E-state index in [1.54, 1.807) is 0 Å². The number of H-pyrrole nitrogens is 1. The van der Waals surface area contributed by atoms with E-state index in [9.17, 15) is 0 Å². The van der Waals surface area contributed by atoms with Crippen LogP contribution in [-0.4, -0.2) is 51.3 Å². The average Bonchev–Trinajstić information content (AvgIpc) is 3.33. The van der Waals surface area contributed by atoms with Crippen LogP contribution in [0, 0.1) is 0 Å². The summed E-state index contributed by atoms with van der Waals surface area (Å²) < 4.78 is 14.0. The van der Waals surface area contributed by atoms with E-state index in [1.165, 1.54) is 11.3 Å². The van der Waals surface area contributed by atoms with Gasteiger partial charge in [0.05, 0.1) is 12.7 Å². The number of aryl methyl sites for hydroxylation is 1. The first-order valence-electron chi connectivity index (χ1n) is 9.69. The number of rotatable bonds is 4. The van der Waals surface area contributed by atoms with E-state index in [0.717, 1.165) is 42.5 Å². The molecule has 146 valence electrons. The predicted molar refractivity (Wildman–Crippen MR) is 104 cm³/mol. The minimum Gasteiger partial charge on any atom is -0.486 e. The van der Waals surface area contributed by atoms with Crippen LogP contribution in [0.15, 0.2) is 30.5 Å². The van der Waals surface area contributed by atoms with Crippen LogP contribution in [0.1, 0.15) is 29.4 Å². The molecule has 2 unspecified atom stereocenters. The van der Waals surface area contributed by atoms with E-state index < -0.39 is 0 Å². The topological polar surface area (TPSA) is 81.1 Å². The van der Waals surface area contributed by atoms with Crippen molar-refractivity contribution in [1.29, 1.82) is 0 Å². The van der Waals surface area contributed by atoms with Crippen LogP contribution in [0.2, 0.25) is 0 Å². The first-order valence-corrected chi connectivity index (χ1v) is 9.69. The normalized spacial score (nSPS) is 20.6. The molecule has 0 spiro atoms. The molecule has 2 aliphatic rings. The second-order valence-corrected chi connectivity index (χ2v) is 7.61. The van der Waals surface area contributed by atoms with Gasteiger partial charge >= 0.3 is 0 Å². The van der Waals surface area contributed by atoms with E-state index in [1.807, 2.05) is 44.6 Å². The van der Waals surface area contributed by atoms with Crippen LogP contribution in [-0.2, 0) is 19.9 Å². The first-order chi connectivity index (χ1) is 13.7. The van der Waals surface area contributed by atoms with Crippen molar-refractivity contribution < 1.29 is 9.47 Å². The molecule has 0 saturated carbocycles. The Labute approximate surface area is 163 Å². The fourth-order valence-electron chi connectivity index (χ4n) is 4.20. The molecule has 5 rings (SSSR count). The Morgan fingerprint density at radius 1 is 1.25 bits per heavy atom. The lowest BCUT2D eigenvalue weighted by molar-refractivity contribution is 0.0957. The molecule has 3 heterocycles. The van der Waals surface area contributed by atoms with Gasteiger partial charge < -0.3 is 18.9 Å². The fraction of sp³-hybridized carbons (Fsp3) is 0.450. The van der Waals surface area contributed by atoms with Crippen LogP contribution in [0.25, 0.3) is 0 Å². The van der Waals surface area contributed by atoms with Crippen molar-refractivity contribution in [2.45, 2.75) is 31.3 Å². The average molecular weight is 380 g/mol. The number of ether oxygens (including phenoxy) is 2. The van der Waals surface area contributed by atoms with Gasteiger partial charge in [-0.1, -0.05) is 12.1 Å². The Balaban J connectivity index is 1.28. The van der Waals surface area contributed by atoms with Gasteiger partial charge in [0.15, 0.2) is 17.6 Å². The molecule has 1 aliphatic heterocycles. The zero-order chi connectivity index (χ0) is 19.1. The summed E-state index contributed by atoms with van der Waals surface area (Å²) in [5, 5.41) is 16.2. The van der Waals surface area contributed by atoms with Crippen molar-refractivity contribution in [1.82, 2.24) is 25.0 Å². The van der Waals surface area contributed by atoms with Crippen LogP contribution >= 0.6 is 0 Å². The highest BCUT2D eigenvalue weighted by molar-refractivity contribution is 5.41. The predicted octanol–water partition coefficient (Wildman–Crippen LogP) is 2.09. The lowest BCUT2D eigenvalue weighted by atomic mass is 9.87. The van der Waals surface area contributed by atoms with E-state index in [4.69, 9.17) is 9.47 Å². The summed E-state index contributed by atoms with van der Waals surface area (Å²) in [7, 11) is 4.06. The fourth-order valence-corrected chi connectivity index (χ4v) is 4.20. The molecule has 1 aliphatic carbocycles. The van der Waals surface area contributed by atoms with Crippen molar-refractivity contribution in [3.05, 3.63) is 47.5 Å². The van der Waals surface area contributed by atoms with E-state index in [0.29, 0.717) is 19.1 Å². The number of aromatic amines is 1. The van der Waals surface area contributed by atoms with Crippen molar-refractivity contribution in [2.75, 3.05) is 25.1 Å². The summed E-state index contributed by atoms with van der Waals surface area (Å²) in [5.41, 5.74) is 2.55. The number of nitrogens with one attached hydrogen (secondary N) is 1. The van der Waals surface area contributed by atoms with E-state index >= 15 is 0 Å². The molecule has 8 nitrogen and oxygen atoms in total. The molecular formula is C20H24N6O2. The third-order valence-electron chi connectivity index (χ3n) is 5.65. The monoisotopic (exact) mass is 380 g/mol. The molecular weight excluding hydrogens is 356 g/mol. The van der Waals surface area contributed by atoms with Gasteiger partial charge in [0, 0.05) is 25.7 Å². The van der Waals surface area contributed by atoms with E-state index in [2.05, 4.69) is 29.9 Å². The number of anilines is 1. The maximum absolute atomic E-state index is 6.08. The van der Waals surface area contributed by atoms with Gasteiger partial charge in [0.1, 0.15) is 12.4 Å². The number of benzene rings is 1. The Kier molecular flexibility index (Phi) is 4.18. The van der Waals surface area contributed by atoms with E-state index in [-0.39, 0.29) is 6.10 Å². The lowest BCUT2D eigenvalue weighted by Gasteiger charge is -2.30. The smallest absolute Gasteiger partial charge is 0.226 e. The molecule has 0 saturated heterocycles. The number of hydrogen-bond acceptors (Lipinski definition) is 6. The number of likely N-dealkylation sites (N-methyl/N-ethyl adjacent to an activating group) is 1. The molecule has 8 heteroatoms. The van der Waals surface area contributed by atoms with Crippen molar-refractivity contribution in [3.8, 4) is 11.5 Å². The number of nitrogens with zero attached hydrogens (tertiary/aromatic N) is 5. The van der Waals surface area contributed by atoms with Gasteiger partial charge in [-0.3, -0.25) is 5.10 Å². The largest absolute Gasteiger partial charge is 0.486 e. The Morgan fingerprint density at radius 2 is 2.11 bits per heavy atom. The molecule has 2 aromatic heterocycles. The second-order valence-electron chi connectivity index (χ2n) is 7.61. The Morgan fingerprint density at radius 3 is 3.00 bits per heavy atom. The van der Waals surface area contributed by atoms with Crippen molar-refractivity contribution >= 4 is 5.95 Å². The van der Waals surface area contributed by atoms with Crippen LogP contribution in [0.3, 0.4) is 0 Å². The molecule has 0 amide bonds. The molecule has 28 heavy (non-hydrogen) atoms. The number of fused-ring (bicyclic) bond motifs is 2. The minimum atomic E-state index is -0.0526. The molecule has 2 atom stereocenters. The molecule has 1 aromatic carbocycles. The minimum absolute atomic E-state index is 0.0526. The molecule has 0 bridgehead atoms. The SMILES string of the molecule is CN(CC1COc2ccccc2O1)c1nnc(C2CCc3[nH]ncc3C2)n1C. The van der Waals surface area contributed by atoms with Crippen molar-refractivity contribution in [2.24, 2.45) is 7.05 Å². The summed E-state index contributed by atoms with van der Waals surface area (Å²) in [6.07, 6.45) is 4.90. The summed E-state index contributed by atoms with van der Waals surface area (Å²) >= 11 is 0. The van der Waals surface area contributed by atoms with Crippen LogP contribution < -0.4 is 14.4 Å². The summed E-state index contributed by atoms with van der Waals surface area (Å²) in [5.74, 6) is 3.84. The summed E-state index contributed by atoms with van der Waals surface area (Å²) in [6.45, 7) is 1.20. The highest BCUT2D eigenvalue weighted by Gasteiger charge is 2.28. The Bertz CT molecular complexity index is 981. The third-order valence-corrected chi connectivity index (χ3v) is 5.65. The third kappa shape index (κ3) is 2.98. The maximum Gasteiger partial charge on any atom is 0.226 e. The maximum atomic E-state index is 6.08. The van der Waals surface area contributed by atoms with Gasteiger partial charge in [-0.25, -0.2) is 0 Å². The number of hydrogen-bond donors (Lipinski definition) is 1. The molecule has 1 N–H and O–H groups in total. The number of para-hydroxylation sites is 2. The molecule has 0 radical (unpaired) electrons.